The van der Waals surface area contributed by atoms with Gasteiger partial charge < -0.3 is 0 Å². The zero-order valence-electron chi connectivity index (χ0n) is 10.4. The van der Waals surface area contributed by atoms with E-state index in [1.807, 2.05) is 32.2 Å². The van der Waals surface area contributed by atoms with Gasteiger partial charge in [0.25, 0.3) is 0 Å². The molecule has 0 spiro atoms. The van der Waals surface area contributed by atoms with Gasteiger partial charge in [0.2, 0.25) is 0 Å². The van der Waals surface area contributed by atoms with Gasteiger partial charge in [0, 0.05) is 17.2 Å². The first-order valence-corrected chi connectivity index (χ1v) is 6.89. The van der Waals surface area contributed by atoms with Crippen LogP contribution < -0.4 is 0 Å². The third-order valence-corrected chi connectivity index (χ3v) is 4.30. The van der Waals surface area contributed by atoms with Crippen molar-refractivity contribution in [2.24, 2.45) is 5.41 Å². The minimum Gasteiger partial charge on any atom is -0.294 e. The number of ketones is 1. The Balaban J connectivity index is 2.06. The molecule has 0 aliphatic heterocycles. The van der Waals surface area contributed by atoms with Gasteiger partial charge in [-0.05, 0) is 25.0 Å². The summed E-state index contributed by atoms with van der Waals surface area (Å²) in [6.07, 6.45) is 3.56. The molecular weight excluding hydrogens is 244 g/mol. The van der Waals surface area contributed by atoms with Crippen LogP contribution in [0, 0.1) is 5.41 Å². The van der Waals surface area contributed by atoms with Crippen molar-refractivity contribution in [1.29, 1.82) is 0 Å². The number of aryl methyl sites for hydroxylation is 1. The minimum absolute atomic E-state index is 0.215. The van der Waals surface area contributed by atoms with E-state index < -0.39 is 0 Å². The molecule has 0 aromatic carbocycles. The summed E-state index contributed by atoms with van der Waals surface area (Å²) in [5, 5.41) is 0. The van der Waals surface area contributed by atoms with Crippen molar-refractivity contribution in [3.05, 3.63) is 35.1 Å². The average Bonchev–Trinajstić information content (AvgIpc) is 2.88. The largest absolute Gasteiger partial charge is 0.294 e. The number of Topliss-reactive ketones (excluding diaryl/α,β-unsaturated/α-hetero) is 1. The van der Waals surface area contributed by atoms with Gasteiger partial charge in [0.1, 0.15) is 0 Å². The number of rotatable bonds is 1. The van der Waals surface area contributed by atoms with E-state index in [2.05, 4.69) is 9.97 Å². The predicted octanol–water partition coefficient (Wildman–Crippen LogP) is 3.36. The quantitative estimate of drug-likeness (QED) is 0.787. The summed E-state index contributed by atoms with van der Waals surface area (Å²) in [7, 11) is 0. The third kappa shape index (κ3) is 1.77. The molecule has 18 heavy (non-hydrogen) atoms. The highest BCUT2D eigenvalue weighted by molar-refractivity contribution is 7.13. The van der Waals surface area contributed by atoms with Crippen LogP contribution in [0.4, 0.5) is 0 Å². The summed E-state index contributed by atoms with van der Waals surface area (Å²) < 4.78 is 0. The number of nitrogens with zero attached hydrogens (tertiary/aromatic N) is 2. The molecule has 0 radical (unpaired) electrons. The van der Waals surface area contributed by atoms with Crippen LogP contribution in [0.1, 0.15) is 36.3 Å². The van der Waals surface area contributed by atoms with E-state index in [1.54, 1.807) is 16.8 Å². The number of pyridine rings is 1. The molecule has 2 aromatic heterocycles. The zero-order valence-corrected chi connectivity index (χ0v) is 11.3. The van der Waals surface area contributed by atoms with Gasteiger partial charge in [0.15, 0.2) is 5.78 Å². The van der Waals surface area contributed by atoms with Gasteiger partial charge in [-0.25, -0.2) is 0 Å². The number of carbonyl (C=O) groups excluding carboxylic acids is 1. The molecule has 92 valence electrons. The van der Waals surface area contributed by atoms with Gasteiger partial charge in [-0.15, -0.1) is 11.3 Å². The summed E-state index contributed by atoms with van der Waals surface area (Å²) in [4.78, 5) is 22.0. The Hall–Kier alpha value is -1.55. The number of aromatic nitrogens is 2. The standard InChI is InChI=1S/C14H14N2OS/c1-14(2)6-5-10-9(13(14)17)3-4-11(16-10)12-7-15-8-18-12/h3-4,7-8H,5-6H2,1-2H3. The lowest BCUT2D eigenvalue weighted by atomic mass is 9.75. The number of thiazole rings is 1. The molecule has 1 aliphatic carbocycles. The Labute approximate surface area is 110 Å². The minimum atomic E-state index is -0.249. The Kier molecular flexibility index (Phi) is 2.55. The summed E-state index contributed by atoms with van der Waals surface area (Å²) >= 11 is 1.57. The maximum absolute atomic E-state index is 12.3. The van der Waals surface area contributed by atoms with Crippen LogP contribution in [0.25, 0.3) is 10.6 Å². The Morgan fingerprint density at radius 1 is 1.33 bits per heavy atom. The second-order valence-electron chi connectivity index (χ2n) is 5.27. The van der Waals surface area contributed by atoms with Crippen molar-refractivity contribution in [1.82, 2.24) is 9.97 Å². The smallest absolute Gasteiger partial charge is 0.170 e. The molecule has 1 aliphatic rings. The fraction of sp³-hybridized carbons (Fsp3) is 0.357. The number of hydrogen-bond acceptors (Lipinski definition) is 4. The van der Waals surface area contributed by atoms with Gasteiger partial charge in [0.05, 0.1) is 21.8 Å². The van der Waals surface area contributed by atoms with Crippen LogP contribution >= 0.6 is 11.3 Å². The first-order valence-electron chi connectivity index (χ1n) is 6.01. The third-order valence-electron chi connectivity index (χ3n) is 3.51. The van der Waals surface area contributed by atoms with E-state index in [4.69, 9.17) is 0 Å². The van der Waals surface area contributed by atoms with Crippen molar-refractivity contribution < 1.29 is 4.79 Å². The van der Waals surface area contributed by atoms with Crippen LogP contribution in [-0.2, 0) is 6.42 Å². The van der Waals surface area contributed by atoms with Gasteiger partial charge >= 0.3 is 0 Å². The van der Waals surface area contributed by atoms with Gasteiger partial charge in [-0.1, -0.05) is 13.8 Å². The molecule has 2 heterocycles. The first-order chi connectivity index (χ1) is 8.58. The van der Waals surface area contributed by atoms with Crippen molar-refractivity contribution in [3.8, 4) is 10.6 Å². The van der Waals surface area contributed by atoms with E-state index in [1.165, 1.54) is 0 Å². The topological polar surface area (TPSA) is 42.9 Å². The number of carbonyl (C=O) groups is 1. The van der Waals surface area contributed by atoms with Crippen LogP contribution in [0.2, 0.25) is 0 Å². The molecule has 0 fully saturated rings. The fourth-order valence-corrected chi connectivity index (χ4v) is 2.88. The summed E-state index contributed by atoms with van der Waals surface area (Å²) in [5.41, 5.74) is 4.19. The number of fused-ring (bicyclic) bond motifs is 1. The highest BCUT2D eigenvalue weighted by Gasteiger charge is 2.34. The van der Waals surface area contributed by atoms with Crippen molar-refractivity contribution >= 4 is 17.1 Å². The Bertz CT molecular complexity index is 602. The molecule has 0 saturated carbocycles. The van der Waals surface area contributed by atoms with Crippen molar-refractivity contribution in [2.45, 2.75) is 26.7 Å². The predicted molar refractivity (Wildman–Crippen MR) is 71.8 cm³/mol. The lowest BCUT2D eigenvalue weighted by Gasteiger charge is -2.28. The maximum Gasteiger partial charge on any atom is 0.170 e. The lowest BCUT2D eigenvalue weighted by Crippen LogP contribution is -2.30. The fourth-order valence-electron chi connectivity index (χ4n) is 2.29. The first kappa shape index (κ1) is 11.5. The molecule has 3 nitrogen and oxygen atoms in total. The Morgan fingerprint density at radius 2 is 2.17 bits per heavy atom. The van der Waals surface area contributed by atoms with Crippen LogP contribution in [0.5, 0.6) is 0 Å². The number of hydrogen-bond donors (Lipinski definition) is 0. The second-order valence-corrected chi connectivity index (χ2v) is 6.16. The molecule has 0 amide bonds. The Morgan fingerprint density at radius 3 is 2.89 bits per heavy atom. The van der Waals surface area contributed by atoms with E-state index in [9.17, 15) is 4.79 Å². The SMILES string of the molecule is CC1(C)CCc2nc(-c3cncs3)ccc2C1=O. The zero-order chi connectivity index (χ0) is 12.8. The molecule has 0 atom stereocenters. The highest BCUT2D eigenvalue weighted by atomic mass is 32.1. The second kappa shape index (κ2) is 3.99. The lowest BCUT2D eigenvalue weighted by molar-refractivity contribution is 0.0809. The molecule has 0 saturated heterocycles. The van der Waals surface area contributed by atoms with E-state index in [0.717, 1.165) is 34.7 Å². The van der Waals surface area contributed by atoms with E-state index in [0.29, 0.717) is 0 Å². The van der Waals surface area contributed by atoms with Gasteiger partial charge in [-0.3, -0.25) is 14.8 Å². The molecule has 0 unspecified atom stereocenters. The maximum atomic E-state index is 12.3. The molecule has 3 rings (SSSR count). The van der Waals surface area contributed by atoms with Gasteiger partial charge in [-0.2, -0.15) is 0 Å². The monoisotopic (exact) mass is 258 g/mol. The molecule has 2 aromatic rings. The van der Waals surface area contributed by atoms with E-state index >= 15 is 0 Å². The highest BCUT2D eigenvalue weighted by Crippen LogP contribution is 2.35. The summed E-state index contributed by atoms with van der Waals surface area (Å²) in [6.45, 7) is 4.02. The molecule has 0 N–H and O–H groups in total. The van der Waals surface area contributed by atoms with Crippen molar-refractivity contribution in [2.75, 3.05) is 0 Å². The molecule has 0 bridgehead atoms. The van der Waals surface area contributed by atoms with Crippen LogP contribution in [-0.4, -0.2) is 15.8 Å². The van der Waals surface area contributed by atoms with E-state index in [-0.39, 0.29) is 11.2 Å². The average molecular weight is 258 g/mol. The van der Waals surface area contributed by atoms with Crippen molar-refractivity contribution in [3.63, 3.8) is 0 Å². The molecule has 4 heteroatoms. The normalized spacial score (nSPS) is 17.6. The van der Waals surface area contributed by atoms with Crippen LogP contribution in [0.15, 0.2) is 23.8 Å². The summed E-state index contributed by atoms with van der Waals surface area (Å²) in [6, 6.07) is 3.84. The summed E-state index contributed by atoms with van der Waals surface area (Å²) in [5.74, 6) is 0.215. The molecular formula is C14H14N2OS. The van der Waals surface area contributed by atoms with Crippen LogP contribution in [0.3, 0.4) is 0 Å².